The van der Waals surface area contributed by atoms with Gasteiger partial charge < -0.3 is 10.5 Å². The van der Waals surface area contributed by atoms with E-state index in [1.54, 1.807) is 12.4 Å². The van der Waals surface area contributed by atoms with Gasteiger partial charge in [-0.25, -0.2) is 9.97 Å². The van der Waals surface area contributed by atoms with Crippen molar-refractivity contribution in [1.29, 1.82) is 0 Å². The summed E-state index contributed by atoms with van der Waals surface area (Å²) in [6.45, 7) is 8.43. The first-order valence-corrected chi connectivity index (χ1v) is 7.20. The number of aromatic nitrogens is 2. The normalized spacial score (nSPS) is 13.0. The van der Waals surface area contributed by atoms with Crippen LogP contribution in [-0.2, 0) is 11.8 Å². The van der Waals surface area contributed by atoms with Gasteiger partial charge in [0, 0.05) is 24.0 Å². The molecule has 2 N–H and O–H groups in total. The summed E-state index contributed by atoms with van der Waals surface area (Å²) in [5.41, 5.74) is 7.92. The van der Waals surface area contributed by atoms with Crippen LogP contribution in [0.4, 0.5) is 0 Å². The second-order valence-corrected chi connectivity index (χ2v) is 6.40. The SMILES string of the molecule is CC(N)Cc1cnc(Oc2ccccc2C(C)(C)C)nc1. The molecule has 112 valence electrons. The van der Waals surface area contributed by atoms with E-state index in [1.165, 1.54) is 0 Å². The summed E-state index contributed by atoms with van der Waals surface area (Å²) >= 11 is 0. The van der Waals surface area contributed by atoms with Gasteiger partial charge in [-0.05, 0) is 30.4 Å². The molecule has 0 amide bonds. The van der Waals surface area contributed by atoms with Crippen LogP contribution in [0.15, 0.2) is 36.7 Å². The molecule has 0 aliphatic carbocycles. The van der Waals surface area contributed by atoms with Crippen LogP contribution in [0, 0.1) is 0 Å². The molecule has 0 aliphatic heterocycles. The second-order valence-electron chi connectivity index (χ2n) is 6.40. The third-order valence-electron chi connectivity index (χ3n) is 3.14. The molecule has 1 aromatic carbocycles. The Labute approximate surface area is 126 Å². The maximum Gasteiger partial charge on any atom is 0.321 e. The highest BCUT2D eigenvalue weighted by atomic mass is 16.5. The Morgan fingerprint density at radius 3 is 2.33 bits per heavy atom. The molecule has 4 heteroatoms. The Balaban J connectivity index is 2.19. The maximum absolute atomic E-state index is 5.84. The molecule has 21 heavy (non-hydrogen) atoms. The monoisotopic (exact) mass is 285 g/mol. The molecule has 2 rings (SSSR count). The highest BCUT2D eigenvalue weighted by Crippen LogP contribution is 2.32. The number of hydrogen-bond donors (Lipinski definition) is 1. The molecule has 0 spiro atoms. The van der Waals surface area contributed by atoms with E-state index in [1.807, 2.05) is 25.1 Å². The summed E-state index contributed by atoms with van der Waals surface area (Å²) in [7, 11) is 0. The smallest absolute Gasteiger partial charge is 0.321 e. The lowest BCUT2D eigenvalue weighted by atomic mass is 9.86. The summed E-state index contributed by atoms with van der Waals surface area (Å²) in [6, 6.07) is 8.44. The van der Waals surface area contributed by atoms with Crippen molar-refractivity contribution in [2.45, 2.75) is 45.6 Å². The Morgan fingerprint density at radius 2 is 1.76 bits per heavy atom. The molecule has 1 atom stereocenters. The highest BCUT2D eigenvalue weighted by molar-refractivity contribution is 5.39. The standard InChI is InChI=1S/C17H23N3O/c1-12(18)9-13-10-19-16(20-11-13)21-15-8-6-5-7-14(15)17(2,3)4/h5-8,10-12H,9,18H2,1-4H3. The molecule has 1 unspecified atom stereocenters. The summed E-state index contributed by atoms with van der Waals surface area (Å²) in [4.78, 5) is 8.52. The van der Waals surface area contributed by atoms with E-state index in [4.69, 9.17) is 10.5 Å². The van der Waals surface area contributed by atoms with Crippen LogP contribution in [0.1, 0.15) is 38.8 Å². The van der Waals surface area contributed by atoms with Gasteiger partial charge in [0.1, 0.15) is 5.75 Å². The highest BCUT2D eigenvalue weighted by Gasteiger charge is 2.19. The predicted octanol–water partition coefficient (Wildman–Crippen LogP) is 3.46. The van der Waals surface area contributed by atoms with Crippen molar-refractivity contribution < 1.29 is 4.74 Å². The first-order valence-electron chi connectivity index (χ1n) is 7.20. The van der Waals surface area contributed by atoms with E-state index in [0.717, 1.165) is 23.3 Å². The molecular formula is C17H23N3O. The van der Waals surface area contributed by atoms with Gasteiger partial charge in [0.2, 0.25) is 0 Å². The molecule has 1 heterocycles. The van der Waals surface area contributed by atoms with Crippen LogP contribution in [0.3, 0.4) is 0 Å². The number of para-hydroxylation sites is 1. The molecule has 2 aromatic rings. The van der Waals surface area contributed by atoms with Crippen molar-refractivity contribution in [2.75, 3.05) is 0 Å². The van der Waals surface area contributed by atoms with Crippen molar-refractivity contribution in [2.24, 2.45) is 5.73 Å². The van der Waals surface area contributed by atoms with Gasteiger partial charge in [0.15, 0.2) is 0 Å². The molecule has 0 bridgehead atoms. The quantitative estimate of drug-likeness (QED) is 0.934. The Kier molecular flexibility index (Phi) is 4.58. The van der Waals surface area contributed by atoms with E-state index >= 15 is 0 Å². The molecular weight excluding hydrogens is 262 g/mol. The lowest BCUT2D eigenvalue weighted by Crippen LogP contribution is -2.18. The topological polar surface area (TPSA) is 61.0 Å². The minimum Gasteiger partial charge on any atom is -0.424 e. The van der Waals surface area contributed by atoms with Gasteiger partial charge in [0.05, 0.1) is 0 Å². The van der Waals surface area contributed by atoms with Gasteiger partial charge in [-0.3, -0.25) is 0 Å². The zero-order chi connectivity index (χ0) is 15.5. The zero-order valence-electron chi connectivity index (χ0n) is 13.1. The molecule has 4 nitrogen and oxygen atoms in total. The van der Waals surface area contributed by atoms with Crippen LogP contribution in [-0.4, -0.2) is 16.0 Å². The number of ether oxygens (including phenoxy) is 1. The lowest BCUT2D eigenvalue weighted by molar-refractivity contribution is 0.421. The fourth-order valence-corrected chi connectivity index (χ4v) is 2.15. The molecule has 0 saturated heterocycles. The van der Waals surface area contributed by atoms with Crippen molar-refractivity contribution in [3.05, 3.63) is 47.8 Å². The van der Waals surface area contributed by atoms with Crippen molar-refractivity contribution in [3.8, 4) is 11.8 Å². The summed E-state index contributed by atoms with van der Waals surface area (Å²) in [5.74, 6) is 0.796. The number of nitrogens with zero attached hydrogens (tertiary/aromatic N) is 2. The van der Waals surface area contributed by atoms with Crippen LogP contribution >= 0.6 is 0 Å². The molecule has 0 fully saturated rings. The van der Waals surface area contributed by atoms with Crippen LogP contribution in [0.2, 0.25) is 0 Å². The Bertz CT molecular complexity index is 586. The average Bonchev–Trinajstić information content (AvgIpc) is 2.40. The van der Waals surface area contributed by atoms with Gasteiger partial charge in [0.25, 0.3) is 0 Å². The van der Waals surface area contributed by atoms with E-state index in [0.29, 0.717) is 6.01 Å². The zero-order valence-corrected chi connectivity index (χ0v) is 13.1. The van der Waals surface area contributed by atoms with Crippen molar-refractivity contribution >= 4 is 0 Å². The van der Waals surface area contributed by atoms with E-state index < -0.39 is 0 Å². The third-order valence-corrected chi connectivity index (χ3v) is 3.14. The number of rotatable bonds is 4. The summed E-state index contributed by atoms with van der Waals surface area (Å²) < 4.78 is 5.84. The minimum atomic E-state index is 0.00547. The number of benzene rings is 1. The Morgan fingerprint density at radius 1 is 1.14 bits per heavy atom. The van der Waals surface area contributed by atoms with Gasteiger partial charge in [-0.2, -0.15) is 0 Å². The van der Waals surface area contributed by atoms with Crippen LogP contribution in [0.25, 0.3) is 0 Å². The predicted molar refractivity (Wildman–Crippen MR) is 84.6 cm³/mol. The van der Waals surface area contributed by atoms with E-state index in [9.17, 15) is 0 Å². The maximum atomic E-state index is 5.84. The van der Waals surface area contributed by atoms with Crippen LogP contribution < -0.4 is 10.5 Å². The van der Waals surface area contributed by atoms with E-state index in [-0.39, 0.29) is 11.5 Å². The average molecular weight is 285 g/mol. The van der Waals surface area contributed by atoms with Crippen molar-refractivity contribution in [1.82, 2.24) is 9.97 Å². The first kappa shape index (κ1) is 15.4. The van der Waals surface area contributed by atoms with E-state index in [2.05, 4.69) is 36.8 Å². The molecule has 1 aromatic heterocycles. The molecule has 0 aliphatic rings. The summed E-state index contributed by atoms with van der Waals surface area (Å²) in [5, 5.41) is 0. The number of nitrogens with two attached hydrogens (primary N) is 1. The third kappa shape index (κ3) is 4.26. The van der Waals surface area contributed by atoms with Crippen LogP contribution in [0.5, 0.6) is 11.8 Å². The molecule has 0 radical (unpaired) electrons. The largest absolute Gasteiger partial charge is 0.424 e. The Hall–Kier alpha value is -1.94. The second kappa shape index (κ2) is 6.22. The van der Waals surface area contributed by atoms with Gasteiger partial charge in [-0.15, -0.1) is 0 Å². The fraction of sp³-hybridized carbons (Fsp3) is 0.412. The lowest BCUT2D eigenvalue weighted by Gasteiger charge is -2.21. The summed E-state index contributed by atoms with van der Waals surface area (Å²) in [6.07, 6.45) is 4.30. The van der Waals surface area contributed by atoms with Crippen molar-refractivity contribution in [3.63, 3.8) is 0 Å². The minimum absolute atomic E-state index is 0.00547. The number of hydrogen-bond acceptors (Lipinski definition) is 4. The van der Waals surface area contributed by atoms with Gasteiger partial charge >= 0.3 is 6.01 Å². The van der Waals surface area contributed by atoms with Gasteiger partial charge in [-0.1, -0.05) is 39.0 Å². The first-order chi connectivity index (χ1) is 9.86. The fourth-order valence-electron chi connectivity index (χ4n) is 2.15. The molecule has 0 saturated carbocycles.